The van der Waals surface area contributed by atoms with Crippen LogP contribution in [0.25, 0.3) is 0 Å². The summed E-state index contributed by atoms with van der Waals surface area (Å²) in [5.74, 6) is -1.36. The molecular formula is C13H19NO4S. The van der Waals surface area contributed by atoms with Crippen LogP contribution in [0.3, 0.4) is 0 Å². The number of aliphatic carboxylic acids is 1. The van der Waals surface area contributed by atoms with Crippen LogP contribution < -0.4 is 4.72 Å². The van der Waals surface area contributed by atoms with Crippen molar-refractivity contribution in [2.24, 2.45) is 0 Å². The molecule has 0 spiro atoms. The minimum atomic E-state index is -3.88. The van der Waals surface area contributed by atoms with Crippen LogP contribution in [0.5, 0.6) is 0 Å². The molecule has 0 fully saturated rings. The number of sulfonamides is 1. The lowest BCUT2D eigenvalue weighted by Gasteiger charge is -2.18. The Bertz CT molecular complexity index is 580. The van der Waals surface area contributed by atoms with Crippen LogP contribution in [0.4, 0.5) is 0 Å². The van der Waals surface area contributed by atoms with Gasteiger partial charge in [-0.1, -0.05) is 23.8 Å². The highest BCUT2D eigenvalue weighted by Gasteiger charge is 2.29. The smallest absolute Gasteiger partial charge is 0.323 e. The second-order valence-electron chi connectivity index (χ2n) is 4.73. The third-order valence-corrected chi connectivity index (χ3v) is 4.86. The molecule has 5 nitrogen and oxygen atoms in total. The molecule has 1 aromatic rings. The van der Waals surface area contributed by atoms with Crippen molar-refractivity contribution in [3.8, 4) is 0 Å². The number of hydrogen-bond donors (Lipinski definition) is 2. The summed E-state index contributed by atoms with van der Waals surface area (Å²) in [7, 11) is -3.88. The van der Waals surface area contributed by atoms with Gasteiger partial charge in [-0.25, -0.2) is 13.1 Å². The summed E-state index contributed by atoms with van der Waals surface area (Å²) >= 11 is 0. The van der Waals surface area contributed by atoms with Crippen molar-refractivity contribution in [3.05, 3.63) is 34.9 Å². The Labute approximate surface area is 113 Å². The summed E-state index contributed by atoms with van der Waals surface area (Å²) in [6.07, 6.45) is 0. The molecule has 0 aromatic heterocycles. The zero-order valence-corrected chi connectivity index (χ0v) is 12.3. The summed E-state index contributed by atoms with van der Waals surface area (Å²) in [5, 5.41) is 7.30. The maximum Gasteiger partial charge on any atom is 0.323 e. The molecule has 6 heteroatoms. The van der Waals surface area contributed by atoms with Crippen molar-refractivity contribution in [1.29, 1.82) is 0 Å². The second-order valence-corrected chi connectivity index (χ2v) is 6.76. The first-order valence-electron chi connectivity index (χ1n) is 5.96. The van der Waals surface area contributed by atoms with Crippen LogP contribution in [0.15, 0.2) is 18.2 Å². The van der Waals surface area contributed by atoms with Gasteiger partial charge in [0.25, 0.3) is 0 Å². The third-order valence-electron chi connectivity index (χ3n) is 3.05. The Morgan fingerprint density at radius 1 is 1.26 bits per heavy atom. The molecule has 0 heterocycles. The van der Waals surface area contributed by atoms with Gasteiger partial charge >= 0.3 is 5.97 Å². The van der Waals surface area contributed by atoms with E-state index in [9.17, 15) is 13.2 Å². The molecule has 2 atom stereocenters. The van der Waals surface area contributed by atoms with E-state index in [-0.39, 0.29) is 0 Å². The fourth-order valence-corrected chi connectivity index (χ4v) is 2.95. The maximum absolute atomic E-state index is 11.8. The molecule has 2 unspecified atom stereocenters. The van der Waals surface area contributed by atoms with E-state index in [4.69, 9.17) is 5.11 Å². The first kappa shape index (κ1) is 15.7. The molecule has 0 aliphatic rings. The average Bonchev–Trinajstić information content (AvgIpc) is 2.26. The monoisotopic (exact) mass is 285 g/mol. The van der Waals surface area contributed by atoms with Gasteiger partial charge in [0.1, 0.15) is 0 Å². The molecule has 1 aromatic carbocycles. The number of benzene rings is 1. The average molecular weight is 285 g/mol. The van der Waals surface area contributed by atoms with Crippen LogP contribution in [0.1, 0.15) is 36.6 Å². The van der Waals surface area contributed by atoms with E-state index in [0.717, 1.165) is 23.6 Å². The highest BCUT2D eigenvalue weighted by atomic mass is 32.2. The van der Waals surface area contributed by atoms with E-state index in [2.05, 4.69) is 4.72 Å². The number of aryl methyl sites for hydroxylation is 2. The molecular weight excluding hydrogens is 266 g/mol. The molecule has 0 saturated heterocycles. The highest BCUT2D eigenvalue weighted by molar-refractivity contribution is 7.90. The number of rotatable bonds is 5. The Kier molecular flexibility index (Phi) is 4.70. The molecule has 0 saturated carbocycles. The van der Waals surface area contributed by atoms with Crippen molar-refractivity contribution in [1.82, 2.24) is 4.72 Å². The van der Waals surface area contributed by atoms with E-state index in [1.54, 1.807) is 6.92 Å². The Morgan fingerprint density at radius 2 is 1.84 bits per heavy atom. The van der Waals surface area contributed by atoms with E-state index >= 15 is 0 Å². The Hall–Kier alpha value is -1.40. The zero-order valence-electron chi connectivity index (χ0n) is 11.5. The summed E-state index contributed by atoms with van der Waals surface area (Å²) in [4.78, 5) is 10.8. The molecule has 106 valence electrons. The number of nitrogens with one attached hydrogen (secondary N) is 1. The van der Waals surface area contributed by atoms with Gasteiger partial charge in [0.15, 0.2) is 5.25 Å². The molecule has 1 rings (SSSR count). The van der Waals surface area contributed by atoms with Crippen molar-refractivity contribution < 1.29 is 18.3 Å². The van der Waals surface area contributed by atoms with Gasteiger partial charge in [0, 0.05) is 6.04 Å². The van der Waals surface area contributed by atoms with Crippen LogP contribution >= 0.6 is 0 Å². The lowest BCUT2D eigenvalue weighted by atomic mass is 10.0. The van der Waals surface area contributed by atoms with Gasteiger partial charge < -0.3 is 5.11 Å². The van der Waals surface area contributed by atoms with Crippen molar-refractivity contribution in [3.63, 3.8) is 0 Å². The van der Waals surface area contributed by atoms with Crippen LogP contribution in [0.2, 0.25) is 0 Å². The van der Waals surface area contributed by atoms with Crippen LogP contribution in [0, 0.1) is 13.8 Å². The normalized spacial score (nSPS) is 14.9. The first-order chi connectivity index (χ1) is 8.65. The van der Waals surface area contributed by atoms with E-state index in [1.165, 1.54) is 0 Å². The molecule has 0 aliphatic carbocycles. The Balaban J connectivity index is 2.97. The fraction of sp³-hybridized carbons (Fsp3) is 0.462. The highest BCUT2D eigenvalue weighted by Crippen LogP contribution is 2.20. The fourth-order valence-electron chi connectivity index (χ4n) is 1.86. The van der Waals surface area contributed by atoms with E-state index in [0.29, 0.717) is 0 Å². The first-order valence-corrected chi connectivity index (χ1v) is 7.51. The summed E-state index contributed by atoms with van der Waals surface area (Å²) < 4.78 is 26.1. The van der Waals surface area contributed by atoms with Crippen LogP contribution in [-0.2, 0) is 14.8 Å². The standard InChI is InChI=1S/C13H19NO4S/c1-8-5-6-12(9(2)7-8)10(3)14-19(17,18)11(4)13(15)16/h5-7,10-11,14H,1-4H3,(H,15,16). The van der Waals surface area contributed by atoms with Gasteiger partial charge in [-0.3, -0.25) is 4.79 Å². The van der Waals surface area contributed by atoms with Crippen molar-refractivity contribution in [2.45, 2.75) is 39.0 Å². The molecule has 0 radical (unpaired) electrons. The Morgan fingerprint density at radius 3 is 2.32 bits per heavy atom. The van der Waals surface area contributed by atoms with Crippen molar-refractivity contribution in [2.75, 3.05) is 0 Å². The quantitative estimate of drug-likeness (QED) is 0.863. The van der Waals surface area contributed by atoms with E-state index < -0.39 is 27.3 Å². The van der Waals surface area contributed by atoms with Gasteiger partial charge in [0.2, 0.25) is 10.0 Å². The number of carboxylic acids is 1. The minimum Gasteiger partial charge on any atom is -0.480 e. The second kappa shape index (κ2) is 5.71. The predicted molar refractivity (Wildman–Crippen MR) is 73.5 cm³/mol. The molecule has 2 N–H and O–H groups in total. The lowest BCUT2D eigenvalue weighted by molar-refractivity contribution is -0.136. The van der Waals surface area contributed by atoms with Gasteiger partial charge in [-0.2, -0.15) is 0 Å². The summed E-state index contributed by atoms with van der Waals surface area (Å²) in [6.45, 7) is 6.70. The molecule has 0 bridgehead atoms. The van der Waals surface area contributed by atoms with Gasteiger partial charge in [-0.15, -0.1) is 0 Å². The number of carboxylic acid groups (broad SMARTS) is 1. The van der Waals surface area contributed by atoms with Gasteiger partial charge in [0.05, 0.1) is 0 Å². The molecule has 19 heavy (non-hydrogen) atoms. The molecule has 0 amide bonds. The van der Waals surface area contributed by atoms with E-state index in [1.807, 2.05) is 32.0 Å². The number of carbonyl (C=O) groups is 1. The maximum atomic E-state index is 11.8. The van der Waals surface area contributed by atoms with Crippen LogP contribution in [-0.4, -0.2) is 24.7 Å². The summed E-state index contributed by atoms with van der Waals surface area (Å²) in [6, 6.07) is 5.24. The predicted octanol–water partition coefficient (Wildman–Crippen LogP) is 1.76. The summed E-state index contributed by atoms with van der Waals surface area (Å²) in [5.41, 5.74) is 2.90. The SMILES string of the molecule is Cc1ccc(C(C)NS(=O)(=O)C(C)C(=O)O)c(C)c1. The number of hydrogen-bond acceptors (Lipinski definition) is 3. The largest absolute Gasteiger partial charge is 0.480 e. The topological polar surface area (TPSA) is 83.5 Å². The third kappa shape index (κ3) is 3.78. The van der Waals surface area contributed by atoms with Gasteiger partial charge in [-0.05, 0) is 38.8 Å². The lowest BCUT2D eigenvalue weighted by Crippen LogP contribution is -2.38. The molecule has 0 aliphatic heterocycles. The minimum absolute atomic E-state index is 0.465. The van der Waals surface area contributed by atoms with Crippen molar-refractivity contribution >= 4 is 16.0 Å². The zero-order chi connectivity index (χ0) is 14.8.